The van der Waals surface area contributed by atoms with Gasteiger partial charge < -0.3 is 5.73 Å². The Morgan fingerprint density at radius 3 is 2.75 bits per heavy atom. The van der Waals surface area contributed by atoms with Crippen molar-refractivity contribution in [3.8, 4) is 0 Å². The predicted molar refractivity (Wildman–Crippen MR) is 68.3 cm³/mol. The number of benzene rings is 1. The fourth-order valence-electron chi connectivity index (χ4n) is 2.66. The monoisotopic (exact) mass is 218 g/mol. The molecule has 1 aromatic rings. The Balaban J connectivity index is 1.86. The number of hydrogen-bond donors (Lipinski definition) is 1. The van der Waals surface area contributed by atoms with E-state index in [4.69, 9.17) is 5.73 Å². The van der Waals surface area contributed by atoms with E-state index in [2.05, 4.69) is 42.2 Å². The fourth-order valence-corrected chi connectivity index (χ4v) is 2.66. The highest BCUT2D eigenvalue weighted by molar-refractivity contribution is 5.15. The van der Waals surface area contributed by atoms with Crippen LogP contribution in [0.4, 0.5) is 0 Å². The molecule has 0 aromatic heterocycles. The second-order valence-electron chi connectivity index (χ2n) is 4.84. The molecule has 0 aliphatic carbocycles. The second-order valence-corrected chi connectivity index (χ2v) is 4.84. The van der Waals surface area contributed by atoms with Crippen LogP contribution in [0, 0.1) is 5.92 Å². The van der Waals surface area contributed by atoms with Crippen LogP contribution >= 0.6 is 0 Å². The average molecular weight is 218 g/mol. The third-order valence-corrected chi connectivity index (χ3v) is 3.77. The lowest BCUT2D eigenvalue weighted by atomic mass is 10.0. The quantitative estimate of drug-likeness (QED) is 0.836. The standard InChI is InChI=1S/C14H22N2/c1-12-7-9-16(14(12)11-15)10-8-13-5-3-2-4-6-13/h2-6,12,14H,7-11,15H2,1H3. The average Bonchev–Trinajstić information content (AvgIpc) is 2.68. The van der Waals surface area contributed by atoms with Crippen LogP contribution < -0.4 is 5.73 Å². The molecule has 0 radical (unpaired) electrons. The predicted octanol–water partition coefficient (Wildman–Crippen LogP) is 1.90. The van der Waals surface area contributed by atoms with Gasteiger partial charge in [-0.05, 0) is 30.9 Å². The molecule has 0 amide bonds. The van der Waals surface area contributed by atoms with Gasteiger partial charge >= 0.3 is 0 Å². The van der Waals surface area contributed by atoms with E-state index < -0.39 is 0 Å². The normalized spacial score (nSPS) is 26.1. The summed E-state index contributed by atoms with van der Waals surface area (Å²) in [6, 6.07) is 11.3. The van der Waals surface area contributed by atoms with Crippen LogP contribution in [-0.2, 0) is 6.42 Å². The third-order valence-electron chi connectivity index (χ3n) is 3.77. The first-order chi connectivity index (χ1) is 7.81. The molecule has 2 unspecified atom stereocenters. The van der Waals surface area contributed by atoms with Crippen molar-refractivity contribution in [1.82, 2.24) is 4.90 Å². The first-order valence-corrected chi connectivity index (χ1v) is 6.29. The number of hydrogen-bond acceptors (Lipinski definition) is 2. The molecule has 1 heterocycles. The summed E-state index contributed by atoms with van der Waals surface area (Å²) < 4.78 is 0. The van der Waals surface area contributed by atoms with E-state index in [1.807, 2.05) is 0 Å². The molecule has 88 valence electrons. The van der Waals surface area contributed by atoms with Crippen LogP contribution in [0.25, 0.3) is 0 Å². The Bertz CT molecular complexity index is 310. The van der Waals surface area contributed by atoms with E-state index in [9.17, 15) is 0 Å². The van der Waals surface area contributed by atoms with Crippen molar-refractivity contribution in [2.75, 3.05) is 19.6 Å². The van der Waals surface area contributed by atoms with Gasteiger partial charge in [-0.2, -0.15) is 0 Å². The summed E-state index contributed by atoms with van der Waals surface area (Å²) in [5, 5.41) is 0. The van der Waals surface area contributed by atoms with Gasteiger partial charge in [0.05, 0.1) is 0 Å². The largest absolute Gasteiger partial charge is 0.329 e. The summed E-state index contributed by atoms with van der Waals surface area (Å²) in [5.41, 5.74) is 7.27. The summed E-state index contributed by atoms with van der Waals surface area (Å²) >= 11 is 0. The van der Waals surface area contributed by atoms with Gasteiger partial charge in [0.25, 0.3) is 0 Å². The van der Waals surface area contributed by atoms with Gasteiger partial charge in [-0.3, -0.25) is 4.90 Å². The van der Waals surface area contributed by atoms with Crippen LogP contribution in [0.1, 0.15) is 18.9 Å². The number of nitrogens with zero attached hydrogens (tertiary/aromatic N) is 1. The molecule has 2 heteroatoms. The van der Waals surface area contributed by atoms with Crippen molar-refractivity contribution in [3.63, 3.8) is 0 Å². The van der Waals surface area contributed by atoms with Crippen molar-refractivity contribution in [2.45, 2.75) is 25.8 Å². The van der Waals surface area contributed by atoms with Gasteiger partial charge in [0, 0.05) is 19.1 Å². The SMILES string of the molecule is CC1CCN(CCc2ccccc2)C1CN. The van der Waals surface area contributed by atoms with Crippen LogP contribution in [0.3, 0.4) is 0 Å². The Hall–Kier alpha value is -0.860. The van der Waals surface area contributed by atoms with E-state index in [-0.39, 0.29) is 0 Å². The van der Waals surface area contributed by atoms with Crippen molar-refractivity contribution in [3.05, 3.63) is 35.9 Å². The molecule has 0 saturated carbocycles. The Morgan fingerprint density at radius 2 is 2.06 bits per heavy atom. The van der Waals surface area contributed by atoms with E-state index in [1.165, 1.54) is 18.5 Å². The maximum absolute atomic E-state index is 5.84. The molecule has 2 atom stereocenters. The third kappa shape index (κ3) is 2.63. The van der Waals surface area contributed by atoms with Gasteiger partial charge in [-0.15, -0.1) is 0 Å². The molecule has 0 bridgehead atoms. The van der Waals surface area contributed by atoms with Crippen molar-refractivity contribution < 1.29 is 0 Å². The number of rotatable bonds is 4. The van der Waals surface area contributed by atoms with Crippen LogP contribution in [0.15, 0.2) is 30.3 Å². The van der Waals surface area contributed by atoms with E-state index in [1.54, 1.807) is 0 Å². The fraction of sp³-hybridized carbons (Fsp3) is 0.571. The minimum Gasteiger partial charge on any atom is -0.329 e. The molecule has 1 fully saturated rings. The van der Waals surface area contributed by atoms with Gasteiger partial charge in [0.15, 0.2) is 0 Å². The lowest BCUT2D eigenvalue weighted by Gasteiger charge is -2.25. The molecule has 1 aliphatic rings. The molecule has 16 heavy (non-hydrogen) atoms. The lowest BCUT2D eigenvalue weighted by Crippen LogP contribution is -2.39. The highest BCUT2D eigenvalue weighted by Gasteiger charge is 2.29. The first-order valence-electron chi connectivity index (χ1n) is 6.29. The topological polar surface area (TPSA) is 29.3 Å². The van der Waals surface area contributed by atoms with Gasteiger partial charge in [0.1, 0.15) is 0 Å². The van der Waals surface area contributed by atoms with E-state index in [0.717, 1.165) is 25.4 Å². The van der Waals surface area contributed by atoms with Crippen LogP contribution in [0.2, 0.25) is 0 Å². The summed E-state index contributed by atoms with van der Waals surface area (Å²) in [6.07, 6.45) is 2.45. The van der Waals surface area contributed by atoms with Crippen molar-refractivity contribution in [1.29, 1.82) is 0 Å². The second kappa shape index (κ2) is 5.46. The van der Waals surface area contributed by atoms with E-state index in [0.29, 0.717) is 6.04 Å². The highest BCUT2D eigenvalue weighted by Crippen LogP contribution is 2.23. The Morgan fingerprint density at radius 1 is 1.31 bits per heavy atom. The zero-order valence-corrected chi connectivity index (χ0v) is 10.1. The molecule has 2 rings (SSSR count). The Labute approximate surface area is 98.4 Å². The molecule has 2 N–H and O–H groups in total. The zero-order valence-electron chi connectivity index (χ0n) is 10.1. The molecule has 1 aromatic carbocycles. The maximum atomic E-state index is 5.84. The molecule has 1 saturated heterocycles. The maximum Gasteiger partial charge on any atom is 0.0244 e. The summed E-state index contributed by atoms with van der Waals surface area (Å²) in [6.45, 7) is 5.49. The van der Waals surface area contributed by atoms with Crippen molar-refractivity contribution in [2.24, 2.45) is 11.7 Å². The summed E-state index contributed by atoms with van der Waals surface area (Å²) in [4.78, 5) is 2.55. The van der Waals surface area contributed by atoms with Gasteiger partial charge in [-0.1, -0.05) is 37.3 Å². The molecule has 2 nitrogen and oxygen atoms in total. The zero-order chi connectivity index (χ0) is 11.4. The van der Waals surface area contributed by atoms with E-state index >= 15 is 0 Å². The number of likely N-dealkylation sites (tertiary alicyclic amines) is 1. The minimum absolute atomic E-state index is 0.601. The van der Waals surface area contributed by atoms with Crippen molar-refractivity contribution >= 4 is 0 Å². The molecular weight excluding hydrogens is 196 g/mol. The highest BCUT2D eigenvalue weighted by atomic mass is 15.2. The lowest BCUT2D eigenvalue weighted by molar-refractivity contribution is 0.239. The smallest absolute Gasteiger partial charge is 0.0244 e. The molecule has 0 spiro atoms. The molecule has 1 aliphatic heterocycles. The van der Waals surface area contributed by atoms with Crippen LogP contribution in [0.5, 0.6) is 0 Å². The van der Waals surface area contributed by atoms with Gasteiger partial charge in [-0.25, -0.2) is 0 Å². The van der Waals surface area contributed by atoms with Gasteiger partial charge in [0.2, 0.25) is 0 Å². The molecular formula is C14H22N2. The summed E-state index contributed by atoms with van der Waals surface area (Å²) in [5.74, 6) is 0.765. The van der Waals surface area contributed by atoms with Crippen LogP contribution in [-0.4, -0.2) is 30.6 Å². The summed E-state index contributed by atoms with van der Waals surface area (Å²) in [7, 11) is 0. The first kappa shape index (κ1) is 11.6. The minimum atomic E-state index is 0.601. The number of nitrogens with two attached hydrogens (primary N) is 1. The Kier molecular flexibility index (Phi) is 3.97.